The number of urea groups is 1. The average molecular weight is 367 g/mol. The molecule has 1 saturated heterocycles. The summed E-state index contributed by atoms with van der Waals surface area (Å²) in [5.74, 6) is 0.0776. The van der Waals surface area contributed by atoms with E-state index in [1.807, 2.05) is 38.1 Å². The Balaban J connectivity index is 1.74. The highest BCUT2D eigenvalue weighted by Gasteiger charge is 2.22. The van der Waals surface area contributed by atoms with Crippen LogP contribution in [0.2, 0.25) is 5.02 Å². The number of para-hydroxylation sites is 1. The molecule has 138 valence electrons. The van der Waals surface area contributed by atoms with Crippen molar-refractivity contribution in [3.8, 4) is 0 Å². The molecule has 0 aliphatic carbocycles. The highest BCUT2D eigenvalue weighted by molar-refractivity contribution is 6.33. The number of carbonyl (C=O) groups excluding carboxylic acids is 2. The number of benzene rings is 1. The van der Waals surface area contributed by atoms with Crippen molar-refractivity contribution < 1.29 is 9.59 Å². The molecule has 1 aliphatic heterocycles. The maximum atomic E-state index is 12.2. The molecule has 0 unspecified atom stereocenters. The Kier molecular flexibility index (Phi) is 7.37. The molecule has 6 nitrogen and oxygen atoms in total. The summed E-state index contributed by atoms with van der Waals surface area (Å²) in [5, 5.41) is 3.58. The predicted octanol–water partition coefficient (Wildman–Crippen LogP) is 2.43. The lowest BCUT2D eigenvalue weighted by atomic mass is 10.2. The molecule has 1 N–H and O–H groups in total. The Morgan fingerprint density at radius 2 is 1.76 bits per heavy atom. The van der Waals surface area contributed by atoms with Gasteiger partial charge < -0.3 is 20.0 Å². The summed E-state index contributed by atoms with van der Waals surface area (Å²) in [7, 11) is 0. The van der Waals surface area contributed by atoms with Crippen LogP contribution in [-0.4, -0.2) is 67.6 Å². The zero-order valence-corrected chi connectivity index (χ0v) is 15.8. The number of rotatable bonds is 6. The van der Waals surface area contributed by atoms with E-state index in [1.54, 1.807) is 9.80 Å². The number of halogens is 1. The maximum Gasteiger partial charge on any atom is 0.317 e. The van der Waals surface area contributed by atoms with E-state index in [0.717, 1.165) is 23.8 Å². The van der Waals surface area contributed by atoms with Gasteiger partial charge in [0.05, 0.1) is 10.7 Å². The van der Waals surface area contributed by atoms with Gasteiger partial charge in [0.15, 0.2) is 0 Å². The smallest absolute Gasteiger partial charge is 0.317 e. The van der Waals surface area contributed by atoms with Crippen LogP contribution in [0.15, 0.2) is 24.3 Å². The highest BCUT2D eigenvalue weighted by atomic mass is 35.5. The monoisotopic (exact) mass is 366 g/mol. The van der Waals surface area contributed by atoms with Crippen LogP contribution >= 0.6 is 11.6 Å². The number of hydrogen-bond acceptors (Lipinski definition) is 3. The Labute approximate surface area is 154 Å². The Morgan fingerprint density at radius 3 is 2.36 bits per heavy atom. The van der Waals surface area contributed by atoms with Gasteiger partial charge in [-0.1, -0.05) is 23.7 Å². The van der Waals surface area contributed by atoms with Crippen LogP contribution in [0.25, 0.3) is 0 Å². The fourth-order valence-electron chi connectivity index (χ4n) is 2.98. The summed E-state index contributed by atoms with van der Waals surface area (Å²) in [6, 6.07) is 7.65. The number of nitrogens with zero attached hydrogens (tertiary/aromatic N) is 3. The van der Waals surface area contributed by atoms with E-state index < -0.39 is 0 Å². The van der Waals surface area contributed by atoms with Crippen molar-refractivity contribution in [2.24, 2.45) is 0 Å². The molecule has 1 heterocycles. The predicted molar refractivity (Wildman–Crippen MR) is 101 cm³/mol. The van der Waals surface area contributed by atoms with Gasteiger partial charge in [0.2, 0.25) is 5.91 Å². The molecule has 0 aromatic heterocycles. The summed E-state index contributed by atoms with van der Waals surface area (Å²) in [6.07, 6.45) is 0.340. The molecule has 1 fully saturated rings. The van der Waals surface area contributed by atoms with Crippen molar-refractivity contribution in [1.82, 2.24) is 15.1 Å². The third-order valence-electron chi connectivity index (χ3n) is 4.49. The van der Waals surface area contributed by atoms with E-state index in [1.165, 1.54) is 0 Å². The minimum Gasteiger partial charge on any atom is -0.367 e. The van der Waals surface area contributed by atoms with Crippen LogP contribution in [0, 0.1) is 0 Å². The molecule has 0 radical (unpaired) electrons. The molecular formula is C18H27ClN4O2. The van der Waals surface area contributed by atoms with E-state index in [4.69, 9.17) is 11.6 Å². The van der Waals surface area contributed by atoms with Crippen molar-refractivity contribution in [3.63, 3.8) is 0 Å². The lowest BCUT2D eigenvalue weighted by Crippen LogP contribution is -2.52. The fraction of sp³-hybridized carbons (Fsp3) is 0.556. The molecule has 0 saturated carbocycles. The van der Waals surface area contributed by atoms with Crippen LogP contribution in [0.4, 0.5) is 10.5 Å². The van der Waals surface area contributed by atoms with Gasteiger partial charge in [-0.3, -0.25) is 4.79 Å². The Hall–Kier alpha value is -1.95. The number of nitrogens with one attached hydrogen (secondary N) is 1. The third-order valence-corrected chi connectivity index (χ3v) is 4.81. The molecule has 1 aromatic carbocycles. The van der Waals surface area contributed by atoms with E-state index >= 15 is 0 Å². The van der Waals surface area contributed by atoms with Gasteiger partial charge in [-0.15, -0.1) is 0 Å². The van der Waals surface area contributed by atoms with Crippen LogP contribution in [-0.2, 0) is 4.79 Å². The molecule has 2 rings (SSSR count). The molecule has 3 amide bonds. The molecule has 25 heavy (non-hydrogen) atoms. The normalized spacial score (nSPS) is 14.4. The summed E-state index contributed by atoms with van der Waals surface area (Å²) in [4.78, 5) is 29.9. The number of carbonyl (C=O) groups is 2. The molecule has 0 spiro atoms. The van der Waals surface area contributed by atoms with Crippen LogP contribution in [0.3, 0.4) is 0 Å². The van der Waals surface area contributed by atoms with Crippen molar-refractivity contribution in [3.05, 3.63) is 29.3 Å². The van der Waals surface area contributed by atoms with Gasteiger partial charge in [-0.25, -0.2) is 4.79 Å². The third kappa shape index (κ3) is 5.26. The minimum absolute atomic E-state index is 0.0776. The Morgan fingerprint density at radius 1 is 1.12 bits per heavy atom. The largest absolute Gasteiger partial charge is 0.367 e. The second kappa shape index (κ2) is 9.51. The molecule has 7 heteroatoms. The van der Waals surface area contributed by atoms with Crippen molar-refractivity contribution in [2.75, 3.05) is 50.7 Å². The summed E-state index contributed by atoms with van der Waals surface area (Å²) in [5.41, 5.74) is 1.01. The van der Waals surface area contributed by atoms with Crippen LogP contribution in [0.5, 0.6) is 0 Å². The number of amides is 3. The van der Waals surface area contributed by atoms with Crippen molar-refractivity contribution >= 4 is 29.2 Å². The molecule has 1 aromatic rings. The van der Waals surface area contributed by atoms with Gasteiger partial charge in [0, 0.05) is 52.2 Å². The lowest BCUT2D eigenvalue weighted by molar-refractivity contribution is -0.130. The second-order valence-corrected chi connectivity index (χ2v) is 6.38. The van der Waals surface area contributed by atoms with Gasteiger partial charge in [-0.2, -0.15) is 0 Å². The zero-order chi connectivity index (χ0) is 18.2. The molecule has 1 aliphatic rings. The SMILES string of the molecule is CCN(CC)C(=O)CCNC(=O)N1CCN(c2ccccc2Cl)CC1. The summed E-state index contributed by atoms with van der Waals surface area (Å²) >= 11 is 6.23. The van der Waals surface area contributed by atoms with Gasteiger partial charge in [0.25, 0.3) is 0 Å². The number of anilines is 1. The average Bonchev–Trinajstić information content (AvgIpc) is 2.63. The van der Waals surface area contributed by atoms with E-state index in [2.05, 4.69) is 10.2 Å². The van der Waals surface area contributed by atoms with Crippen LogP contribution < -0.4 is 10.2 Å². The van der Waals surface area contributed by atoms with Crippen molar-refractivity contribution in [2.45, 2.75) is 20.3 Å². The van der Waals surface area contributed by atoms with Gasteiger partial charge in [-0.05, 0) is 26.0 Å². The number of piperazine rings is 1. The summed E-state index contributed by atoms with van der Waals surface area (Å²) < 4.78 is 0. The minimum atomic E-state index is -0.105. The van der Waals surface area contributed by atoms with E-state index in [9.17, 15) is 9.59 Å². The quantitative estimate of drug-likeness (QED) is 0.841. The zero-order valence-electron chi connectivity index (χ0n) is 15.0. The Bertz CT molecular complexity index is 584. The first-order valence-corrected chi connectivity index (χ1v) is 9.24. The second-order valence-electron chi connectivity index (χ2n) is 5.97. The van der Waals surface area contributed by atoms with Gasteiger partial charge >= 0.3 is 6.03 Å². The lowest BCUT2D eigenvalue weighted by Gasteiger charge is -2.36. The van der Waals surface area contributed by atoms with E-state index in [-0.39, 0.29) is 11.9 Å². The molecule has 0 atom stereocenters. The first-order valence-electron chi connectivity index (χ1n) is 8.86. The first-order chi connectivity index (χ1) is 12.1. The maximum absolute atomic E-state index is 12.2. The van der Waals surface area contributed by atoms with E-state index in [0.29, 0.717) is 39.1 Å². The molecular weight excluding hydrogens is 340 g/mol. The fourth-order valence-corrected chi connectivity index (χ4v) is 3.24. The van der Waals surface area contributed by atoms with Gasteiger partial charge in [0.1, 0.15) is 0 Å². The topological polar surface area (TPSA) is 55.9 Å². The highest BCUT2D eigenvalue weighted by Crippen LogP contribution is 2.25. The number of hydrogen-bond donors (Lipinski definition) is 1. The molecule has 0 bridgehead atoms. The van der Waals surface area contributed by atoms with Crippen LogP contribution in [0.1, 0.15) is 20.3 Å². The first kappa shape index (κ1) is 19.4. The standard InChI is InChI=1S/C18H27ClN4O2/c1-3-21(4-2)17(24)9-10-20-18(25)23-13-11-22(12-14-23)16-8-6-5-7-15(16)19/h5-8H,3-4,9-14H2,1-2H3,(H,20,25). The van der Waals surface area contributed by atoms with Crippen molar-refractivity contribution in [1.29, 1.82) is 0 Å². The summed E-state index contributed by atoms with van der Waals surface area (Å²) in [6.45, 7) is 8.46.